The fourth-order valence-corrected chi connectivity index (χ4v) is 2.28. The van der Waals surface area contributed by atoms with Gasteiger partial charge in [0.15, 0.2) is 0 Å². The second-order valence-corrected chi connectivity index (χ2v) is 5.22. The molecule has 2 unspecified atom stereocenters. The molecule has 1 aromatic rings. The Kier molecular flexibility index (Phi) is 3.79. The highest BCUT2D eigenvalue weighted by Crippen LogP contribution is 2.27. The summed E-state index contributed by atoms with van der Waals surface area (Å²) in [6, 6.07) is 4.47. The van der Waals surface area contributed by atoms with Crippen LogP contribution in [0.5, 0.6) is 0 Å². The fourth-order valence-electron chi connectivity index (χ4n) is 2.28. The third kappa shape index (κ3) is 3.05. The van der Waals surface area contributed by atoms with Gasteiger partial charge in [-0.2, -0.15) is 0 Å². The minimum absolute atomic E-state index is 0.304. The van der Waals surface area contributed by atoms with E-state index in [1.165, 1.54) is 17.7 Å². The van der Waals surface area contributed by atoms with Gasteiger partial charge in [0.25, 0.3) is 0 Å². The SMILES string of the molecule is CCC(C)(O)CNC1CCCc2cccnc21. The molecule has 94 valence electrons. The maximum absolute atomic E-state index is 10.0. The van der Waals surface area contributed by atoms with E-state index < -0.39 is 5.60 Å². The summed E-state index contributed by atoms with van der Waals surface area (Å²) in [5, 5.41) is 13.5. The summed E-state index contributed by atoms with van der Waals surface area (Å²) in [6.07, 6.45) is 6.07. The first-order valence-electron chi connectivity index (χ1n) is 6.52. The smallest absolute Gasteiger partial charge is 0.0741 e. The Morgan fingerprint density at radius 1 is 1.59 bits per heavy atom. The molecule has 0 fully saturated rings. The van der Waals surface area contributed by atoms with Crippen LogP contribution in [0.2, 0.25) is 0 Å². The van der Waals surface area contributed by atoms with E-state index in [1.54, 1.807) is 0 Å². The number of aromatic nitrogens is 1. The third-order valence-electron chi connectivity index (χ3n) is 3.69. The van der Waals surface area contributed by atoms with E-state index in [9.17, 15) is 5.11 Å². The molecule has 3 heteroatoms. The first-order chi connectivity index (χ1) is 8.12. The van der Waals surface area contributed by atoms with Crippen molar-refractivity contribution in [2.45, 2.75) is 51.2 Å². The molecule has 0 amide bonds. The molecule has 0 aromatic carbocycles. The molecule has 0 aliphatic heterocycles. The van der Waals surface area contributed by atoms with Crippen LogP contribution in [0.15, 0.2) is 18.3 Å². The average Bonchev–Trinajstić information content (AvgIpc) is 2.36. The zero-order valence-corrected chi connectivity index (χ0v) is 10.7. The van der Waals surface area contributed by atoms with Crippen molar-refractivity contribution in [1.29, 1.82) is 0 Å². The van der Waals surface area contributed by atoms with Crippen molar-refractivity contribution < 1.29 is 5.11 Å². The largest absolute Gasteiger partial charge is 0.389 e. The Hall–Kier alpha value is -0.930. The van der Waals surface area contributed by atoms with Crippen molar-refractivity contribution in [2.24, 2.45) is 0 Å². The molecule has 2 rings (SSSR count). The summed E-state index contributed by atoms with van der Waals surface area (Å²) in [4.78, 5) is 4.48. The van der Waals surface area contributed by atoms with Crippen molar-refractivity contribution in [3.05, 3.63) is 29.6 Å². The first kappa shape index (κ1) is 12.5. The zero-order chi connectivity index (χ0) is 12.3. The van der Waals surface area contributed by atoms with Crippen LogP contribution in [0.3, 0.4) is 0 Å². The normalized spacial score (nSPS) is 22.9. The third-order valence-corrected chi connectivity index (χ3v) is 3.69. The van der Waals surface area contributed by atoms with Crippen LogP contribution in [-0.2, 0) is 6.42 Å². The van der Waals surface area contributed by atoms with Gasteiger partial charge in [0, 0.05) is 18.8 Å². The highest BCUT2D eigenvalue weighted by Gasteiger charge is 2.24. The molecule has 1 aromatic heterocycles. The van der Waals surface area contributed by atoms with Gasteiger partial charge in [-0.25, -0.2) is 0 Å². The second-order valence-electron chi connectivity index (χ2n) is 5.22. The molecule has 0 spiro atoms. The topological polar surface area (TPSA) is 45.1 Å². The fraction of sp³-hybridized carbons (Fsp3) is 0.643. The number of hydrogen-bond donors (Lipinski definition) is 2. The van der Waals surface area contributed by atoms with E-state index in [0.29, 0.717) is 12.6 Å². The van der Waals surface area contributed by atoms with Crippen LogP contribution in [0, 0.1) is 0 Å². The van der Waals surface area contributed by atoms with E-state index in [1.807, 2.05) is 26.1 Å². The summed E-state index contributed by atoms with van der Waals surface area (Å²) in [6.45, 7) is 4.51. The monoisotopic (exact) mass is 234 g/mol. The van der Waals surface area contributed by atoms with E-state index >= 15 is 0 Å². The zero-order valence-electron chi connectivity index (χ0n) is 10.7. The number of nitrogens with zero attached hydrogens (tertiary/aromatic N) is 1. The minimum Gasteiger partial charge on any atom is -0.389 e. The summed E-state index contributed by atoms with van der Waals surface area (Å²) >= 11 is 0. The lowest BCUT2D eigenvalue weighted by Gasteiger charge is -2.29. The Balaban J connectivity index is 2.04. The van der Waals surface area contributed by atoms with Gasteiger partial charge in [-0.3, -0.25) is 4.98 Å². The van der Waals surface area contributed by atoms with Gasteiger partial charge in [0.1, 0.15) is 0 Å². The predicted octanol–water partition coefficient (Wildman–Crippen LogP) is 2.21. The maximum atomic E-state index is 10.0. The number of aliphatic hydroxyl groups is 1. The van der Waals surface area contributed by atoms with Crippen LogP contribution in [-0.4, -0.2) is 22.2 Å². The van der Waals surface area contributed by atoms with E-state index in [0.717, 1.165) is 19.3 Å². The highest BCUT2D eigenvalue weighted by atomic mass is 16.3. The van der Waals surface area contributed by atoms with Crippen molar-refractivity contribution >= 4 is 0 Å². The number of rotatable bonds is 4. The molecule has 2 N–H and O–H groups in total. The molecule has 1 aliphatic rings. The molecule has 1 aliphatic carbocycles. The van der Waals surface area contributed by atoms with Gasteiger partial charge in [-0.05, 0) is 44.2 Å². The maximum Gasteiger partial charge on any atom is 0.0741 e. The number of fused-ring (bicyclic) bond motifs is 1. The quantitative estimate of drug-likeness (QED) is 0.839. The summed E-state index contributed by atoms with van der Waals surface area (Å²) < 4.78 is 0. The van der Waals surface area contributed by atoms with Crippen molar-refractivity contribution in [3.63, 3.8) is 0 Å². The molecular formula is C14H22N2O. The Labute approximate surface area is 103 Å². The van der Waals surface area contributed by atoms with Gasteiger partial charge in [0.05, 0.1) is 11.3 Å². The van der Waals surface area contributed by atoms with Crippen LogP contribution >= 0.6 is 0 Å². The summed E-state index contributed by atoms with van der Waals surface area (Å²) in [5.41, 5.74) is 1.91. The number of pyridine rings is 1. The molecular weight excluding hydrogens is 212 g/mol. The van der Waals surface area contributed by atoms with Gasteiger partial charge >= 0.3 is 0 Å². The Morgan fingerprint density at radius 2 is 2.41 bits per heavy atom. The minimum atomic E-state index is -0.619. The van der Waals surface area contributed by atoms with Crippen LogP contribution in [0.4, 0.5) is 0 Å². The molecule has 0 saturated carbocycles. The van der Waals surface area contributed by atoms with Crippen LogP contribution in [0.1, 0.15) is 50.4 Å². The van der Waals surface area contributed by atoms with E-state index in [4.69, 9.17) is 0 Å². The molecule has 0 radical (unpaired) electrons. The summed E-state index contributed by atoms with van der Waals surface area (Å²) in [5.74, 6) is 0. The Morgan fingerprint density at radius 3 is 3.18 bits per heavy atom. The van der Waals surface area contributed by atoms with Crippen LogP contribution < -0.4 is 5.32 Å². The number of nitrogens with one attached hydrogen (secondary N) is 1. The Bertz CT molecular complexity index is 376. The van der Waals surface area contributed by atoms with Crippen molar-refractivity contribution in [3.8, 4) is 0 Å². The summed E-state index contributed by atoms with van der Waals surface area (Å²) in [7, 11) is 0. The lowest BCUT2D eigenvalue weighted by Crippen LogP contribution is -2.40. The molecule has 2 atom stereocenters. The van der Waals surface area contributed by atoms with Gasteiger partial charge in [0.2, 0.25) is 0 Å². The predicted molar refractivity (Wildman–Crippen MR) is 68.8 cm³/mol. The first-order valence-corrected chi connectivity index (χ1v) is 6.52. The number of hydrogen-bond acceptors (Lipinski definition) is 3. The number of aryl methyl sites for hydroxylation is 1. The second kappa shape index (κ2) is 5.15. The molecule has 3 nitrogen and oxygen atoms in total. The van der Waals surface area contributed by atoms with E-state index in [-0.39, 0.29) is 0 Å². The average molecular weight is 234 g/mol. The molecule has 1 heterocycles. The van der Waals surface area contributed by atoms with Crippen LogP contribution in [0.25, 0.3) is 0 Å². The van der Waals surface area contributed by atoms with Gasteiger partial charge in [-0.15, -0.1) is 0 Å². The molecule has 0 bridgehead atoms. The lowest BCUT2D eigenvalue weighted by molar-refractivity contribution is 0.0519. The van der Waals surface area contributed by atoms with Crippen molar-refractivity contribution in [1.82, 2.24) is 10.3 Å². The standard InChI is InChI=1S/C14H22N2O/c1-3-14(2,17)10-16-12-8-4-6-11-7-5-9-15-13(11)12/h5,7,9,12,16-17H,3-4,6,8,10H2,1-2H3. The van der Waals surface area contributed by atoms with Gasteiger partial charge in [-0.1, -0.05) is 13.0 Å². The van der Waals surface area contributed by atoms with Crippen molar-refractivity contribution in [2.75, 3.05) is 6.54 Å². The highest BCUT2D eigenvalue weighted by molar-refractivity contribution is 5.25. The lowest BCUT2D eigenvalue weighted by atomic mass is 9.91. The molecule has 0 saturated heterocycles. The van der Waals surface area contributed by atoms with Gasteiger partial charge < -0.3 is 10.4 Å². The van der Waals surface area contributed by atoms with E-state index in [2.05, 4.69) is 16.4 Å². The molecule has 17 heavy (non-hydrogen) atoms.